The third-order valence-electron chi connectivity index (χ3n) is 3.85. The summed E-state index contributed by atoms with van der Waals surface area (Å²) in [4.78, 5) is 0. The van der Waals surface area contributed by atoms with Crippen molar-refractivity contribution in [2.24, 2.45) is 0 Å². The lowest BCUT2D eigenvalue weighted by Gasteiger charge is -2.11. The molecule has 3 heteroatoms. The minimum atomic E-state index is 0.919. The first-order valence-corrected chi connectivity index (χ1v) is 8.02. The molecule has 1 aromatic carbocycles. The highest BCUT2D eigenvalue weighted by molar-refractivity contribution is 5.71. The van der Waals surface area contributed by atoms with E-state index in [2.05, 4.69) is 62.0 Å². The van der Waals surface area contributed by atoms with Gasteiger partial charge in [0.15, 0.2) is 0 Å². The summed E-state index contributed by atoms with van der Waals surface area (Å²) in [6.07, 6.45) is 2.27. The van der Waals surface area contributed by atoms with Gasteiger partial charge in [-0.2, -0.15) is 5.10 Å². The molecule has 0 aliphatic rings. The van der Waals surface area contributed by atoms with Crippen LogP contribution >= 0.6 is 0 Å². The number of nitrogens with one attached hydrogen (secondary N) is 1. The number of nitrogens with zero attached hydrogens (tertiary/aromatic N) is 2. The lowest BCUT2D eigenvalue weighted by atomic mass is 9.98. The molecule has 114 valence electrons. The maximum Gasteiger partial charge on any atom is 0.0675 e. The van der Waals surface area contributed by atoms with Crippen LogP contribution in [-0.4, -0.2) is 16.3 Å². The molecule has 1 N–H and O–H groups in total. The Morgan fingerprint density at radius 3 is 2.57 bits per heavy atom. The molecule has 0 atom stereocenters. The highest BCUT2D eigenvalue weighted by atomic mass is 15.3. The first kappa shape index (κ1) is 15.8. The standard InChI is InChI=1S/C18H27N3/c1-5-11-19-13-16-9-7-8-10-17(16)18-14(3)20-21(12-6-2)15(18)4/h7-10,19H,5-6,11-13H2,1-4H3. The lowest BCUT2D eigenvalue weighted by Crippen LogP contribution is -2.14. The van der Waals surface area contributed by atoms with Crippen LogP contribution in [0.1, 0.15) is 43.6 Å². The van der Waals surface area contributed by atoms with Gasteiger partial charge in [-0.1, -0.05) is 38.1 Å². The van der Waals surface area contributed by atoms with E-state index in [1.165, 1.54) is 22.4 Å². The van der Waals surface area contributed by atoms with Crippen molar-refractivity contribution in [1.82, 2.24) is 15.1 Å². The Labute approximate surface area is 128 Å². The Bertz CT molecular complexity index is 584. The van der Waals surface area contributed by atoms with Crippen LogP contribution in [0, 0.1) is 13.8 Å². The molecule has 0 fully saturated rings. The summed E-state index contributed by atoms with van der Waals surface area (Å²) < 4.78 is 2.14. The Morgan fingerprint density at radius 2 is 1.86 bits per heavy atom. The molecule has 2 aromatic rings. The molecule has 1 heterocycles. The van der Waals surface area contributed by atoms with Crippen molar-refractivity contribution in [3.8, 4) is 11.1 Å². The minimum Gasteiger partial charge on any atom is -0.313 e. The summed E-state index contributed by atoms with van der Waals surface area (Å²) in [5, 5.41) is 8.22. The molecule has 0 radical (unpaired) electrons. The lowest BCUT2D eigenvalue weighted by molar-refractivity contribution is 0.583. The van der Waals surface area contributed by atoms with Crippen LogP contribution in [0.2, 0.25) is 0 Å². The second kappa shape index (κ2) is 7.41. The molecule has 0 spiro atoms. The normalized spacial score (nSPS) is 11.0. The minimum absolute atomic E-state index is 0.919. The highest BCUT2D eigenvalue weighted by Gasteiger charge is 2.15. The molecule has 1 aromatic heterocycles. The average Bonchev–Trinajstić information content (AvgIpc) is 2.75. The SMILES string of the molecule is CCCNCc1ccccc1-c1c(C)nn(CCC)c1C. The van der Waals surface area contributed by atoms with Gasteiger partial charge in [0.2, 0.25) is 0 Å². The summed E-state index contributed by atoms with van der Waals surface area (Å²) >= 11 is 0. The largest absolute Gasteiger partial charge is 0.313 e. The second-order valence-electron chi connectivity index (χ2n) is 5.60. The van der Waals surface area contributed by atoms with E-state index in [4.69, 9.17) is 5.10 Å². The van der Waals surface area contributed by atoms with E-state index in [1.807, 2.05) is 0 Å². The molecule has 0 saturated carbocycles. The monoisotopic (exact) mass is 285 g/mol. The van der Waals surface area contributed by atoms with Crippen molar-refractivity contribution >= 4 is 0 Å². The van der Waals surface area contributed by atoms with E-state index in [-0.39, 0.29) is 0 Å². The number of aromatic nitrogens is 2. The molecule has 3 nitrogen and oxygen atoms in total. The molecule has 2 rings (SSSR count). The van der Waals surface area contributed by atoms with E-state index in [9.17, 15) is 0 Å². The number of hydrogen-bond acceptors (Lipinski definition) is 2. The van der Waals surface area contributed by atoms with Crippen molar-refractivity contribution < 1.29 is 0 Å². The number of rotatable bonds is 7. The summed E-state index contributed by atoms with van der Waals surface area (Å²) in [6.45, 7) is 11.7. The van der Waals surface area contributed by atoms with Crippen molar-refractivity contribution in [1.29, 1.82) is 0 Å². The van der Waals surface area contributed by atoms with Gasteiger partial charge in [0, 0.05) is 24.3 Å². The maximum absolute atomic E-state index is 4.71. The third-order valence-corrected chi connectivity index (χ3v) is 3.85. The Hall–Kier alpha value is -1.61. The van der Waals surface area contributed by atoms with Crippen LogP contribution in [0.25, 0.3) is 11.1 Å². The second-order valence-corrected chi connectivity index (χ2v) is 5.60. The van der Waals surface area contributed by atoms with Gasteiger partial charge in [0.25, 0.3) is 0 Å². The van der Waals surface area contributed by atoms with Crippen LogP contribution in [0.5, 0.6) is 0 Å². The molecule has 0 saturated heterocycles. The Balaban J connectivity index is 2.37. The molecule has 0 unspecified atom stereocenters. The number of hydrogen-bond donors (Lipinski definition) is 1. The third kappa shape index (κ3) is 3.53. The smallest absolute Gasteiger partial charge is 0.0675 e. The van der Waals surface area contributed by atoms with Crippen molar-refractivity contribution in [3.05, 3.63) is 41.2 Å². The Kier molecular flexibility index (Phi) is 5.57. The van der Waals surface area contributed by atoms with Gasteiger partial charge < -0.3 is 5.32 Å². The summed E-state index contributed by atoms with van der Waals surface area (Å²) in [5.41, 5.74) is 6.38. The van der Waals surface area contributed by atoms with Crippen molar-refractivity contribution in [3.63, 3.8) is 0 Å². The van der Waals surface area contributed by atoms with Crippen molar-refractivity contribution in [2.75, 3.05) is 6.54 Å². The summed E-state index contributed by atoms with van der Waals surface area (Å²) in [7, 11) is 0. The highest BCUT2D eigenvalue weighted by Crippen LogP contribution is 2.30. The summed E-state index contributed by atoms with van der Waals surface area (Å²) in [5.74, 6) is 0. The van der Waals surface area contributed by atoms with E-state index < -0.39 is 0 Å². The van der Waals surface area contributed by atoms with Crippen LogP contribution in [0.15, 0.2) is 24.3 Å². The average molecular weight is 285 g/mol. The van der Waals surface area contributed by atoms with Crippen LogP contribution in [0.4, 0.5) is 0 Å². The summed E-state index contributed by atoms with van der Waals surface area (Å²) in [6, 6.07) is 8.67. The zero-order valence-electron chi connectivity index (χ0n) is 13.7. The van der Waals surface area contributed by atoms with Crippen LogP contribution in [0.3, 0.4) is 0 Å². The number of benzene rings is 1. The molecule has 0 aliphatic carbocycles. The van der Waals surface area contributed by atoms with Crippen LogP contribution < -0.4 is 5.32 Å². The zero-order valence-corrected chi connectivity index (χ0v) is 13.7. The maximum atomic E-state index is 4.71. The molecular weight excluding hydrogens is 258 g/mol. The zero-order chi connectivity index (χ0) is 15.2. The fourth-order valence-corrected chi connectivity index (χ4v) is 2.83. The number of aryl methyl sites for hydroxylation is 2. The van der Waals surface area contributed by atoms with Gasteiger partial charge in [-0.05, 0) is 44.4 Å². The first-order valence-electron chi connectivity index (χ1n) is 8.02. The van der Waals surface area contributed by atoms with E-state index in [1.54, 1.807) is 0 Å². The molecule has 0 bridgehead atoms. The van der Waals surface area contributed by atoms with E-state index in [0.717, 1.165) is 38.2 Å². The predicted molar refractivity (Wildman–Crippen MR) is 89.4 cm³/mol. The van der Waals surface area contributed by atoms with Gasteiger partial charge in [0.1, 0.15) is 0 Å². The fraction of sp³-hybridized carbons (Fsp3) is 0.500. The predicted octanol–water partition coefficient (Wildman–Crippen LogP) is 4.08. The molecule has 0 aliphatic heterocycles. The van der Waals surface area contributed by atoms with Gasteiger partial charge in [-0.3, -0.25) is 4.68 Å². The van der Waals surface area contributed by atoms with Gasteiger partial charge in [-0.25, -0.2) is 0 Å². The van der Waals surface area contributed by atoms with Crippen molar-refractivity contribution in [2.45, 2.75) is 53.6 Å². The van der Waals surface area contributed by atoms with E-state index >= 15 is 0 Å². The molecule has 21 heavy (non-hydrogen) atoms. The topological polar surface area (TPSA) is 29.9 Å². The van der Waals surface area contributed by atoms with Gasteiger partial charge in [0.05, 0.1) is 5.69 Å². The molecular formula is C18H27N3. The molecule has 0 amide bonds. The quantitative estimate of drug-likeness (QED) is 0.777. The van der Waals surface area contributed by atoms with Crippen LogP contribution in [-0.2, 0) is 13.1 Å². The fourth-order valence-electron chi connectivity index (χ4n) is 2.83. The Morgan fingerprint density at radius 1 is 1.10 bits per heavy atom. The van der Waals surface area contributed by atoms with Gasteiger partial charge in [-0.15, -0.1) is 0 Å². The first-order chi connectivity index (χ1) is 10.2. The van der Waals surface area contributed by atoms with Gasteiger partial charge >= 0.3 is 0 Å². The van der Waals surface area contributed by atoms with E-state index in [0.29, 0.717) is 0 Å².